The Hall–Kier alpha value is -3.21. The molecule has 8 heteroatoms. The third-order valence-corrected chi connectivity index (χ3v) is 2.46. The highest BCUT2D eigenvalue weighted by Gasteiger charge is 2.15. The van der Waals surface area contributed by atoms with E-state index in [0.717, 1.165) is 0 Å². The summed E-state index contributed by atoms with van der Waals surface area (Å²) >= 11 is 0. The third-order valence-electron chi connectivity index (χ3n) is 2.46. The molecule has 0 aromatic carbocycles. The van der Waals surface area contributed by atoms with Crippen molar-refractivity contribution in [1.82, 2.24) is 20.2 Å². The Bertz CT molecular complexity index is 711. The minimum atomic E-state index is -0.491. The Morgan fingerprint density at radius 1 is 1.29 bits per heavy atom. The van der Waals surface area contributed by atoms with Gasteiger partial charge in [0, 0.05) is 12.3 Å². The topological polar surface area (TPSA) is 99.1 Å². The van der Waals surface area contributed by atoms with Gasteiger partial charge in [-0.25, -0.2) is 9.97 Å². The quantitative estimate of drug-likeness (QED) is 0.817. The molecule has 0 spiro atoms. The molecule has 2 aromatic rings. The third kappa shape index (κ3) is 3.03. The molecule has 21 heavy (non-hydrogen) atoms. The Morgan fingerprint density at radius 3 is 2.71 bits per heavy atom. The van der Waals surface area contributed by atoms with E-state index >= 15 is 0 Å². The number of hydrogen-bond donors (Lipinski definition) is 1. The molecular weight excluding hydrogens is 274 g/mol. The van der Waals surface area contributed by atoms with Gasteiger partial charge in [-0.05, 0) is 0 Å². The van der Waals surface area contributed by atoms with Crippen molar-refractivity contribution in [3.8, 4) is 24.1 Å². The van der Waals surface area contributed by atoms with Crippen LogP contribution in [-0.4, -0.2) is 40.3 Å². The SMILES string of the molecule is C#Cc1cc(NC(=O)c2cncnc2OC)nnc1OC. The van der Waals surface area contributed by atoms with E-state index in [1.54, 1.807) is 0 Å². The van der Waals surface area contributed by atoms with E-state index < -0.39 is 5.91 Å². The Morgan fingerprint density at radius 2 is 2.05 bits per heavy atom. The number of anilines is 1. The van der Waals surface area contributed by atoms with Crippen molar-refractivity contribution in [1.29, 1.82) is 0 Å². The number of hydrogen-bond acceptors (Lipinski definition) is 7. The predicted octanol–water partition coefficient (Wildman–Crippen LogP) is 0.517. The van der Waals surface area contributed by atoms with Crippen LogP contribution in [0.4, 0.5) is 5.82 Å². The molecule has 8 nitrogen and oxygen atoms in total. The lowest BCUT2D eigenvalue weighted by molar-refractivity contribution is 0.102. The van der Waals surface area contributed by atoms with Gasteiger partial charge < -0.3 is 14.8 Å². The van der Waals surface area contributed by atoms with Crippen molar-refractivity contribution in [3.05, 3.63) is 29.7 Å². The van der Waals surface area contributed by atoms with Crippen LogP contribution >= 0.6 is 0 Å². The van der Waals surface area contributed by atoms with Gasteiger partial charge in [0.1, 0.15) is 11.9 Å². The maximum atomic E-state index is 12.1. The highest BCUT2D eigenvalue weighted by molar-refractivity contribution is 6.05. The van der Waals surface area contributed by atoms with Crippen LogP contribution in [0.2, 0.25) is 0 Å². The molecule has 0 unspecified atom stereocenters. The lowest BCUT2D eigenvalue weighted by Gasteiger charge is -2.08. The van der Waals surface area contributed by atoms with Gasteiger partial charge in [0.25, 0.3) is 5.91 Å². The molecule has 1 amide bonds. The maximum Gasteiger partial charge on any atom is 0.263 e. The normalized spacial score (nSPS) is 9.57. The average Bonchev–Trinajstić information content (AvgIpc) is 2.54. The summed E-state index contributed by atoms with van der Waals surface area (Å²) in [5.74, 6) is 2.44. The van der Waals surface area contributed by atoms with Gasteiger partial charge in [0.15, 0.2) is 5.82 Å². The van der Waals surface area contributed by atoms with Gasteiger partial charge in [-0.3, -0.25) is 4.79 Å². The van der Waals surface area contributed by atoms with E-state index in [1.807, 2.05) is 0 Å². The van der Waals surface area contributed by atoms with Gasteiger partial charge in [0.05, 0.1) is 19.8 Å². The lowest BCUT2D eigenvalue weighted by Crippen LogP contribution is -2.15. The first kappa shape index (κ1) is 14.2. The first-order valence-corrected chi connectivity index (χ1v) is 5.73. The largest absolute Gasteiger partial charge is 0.480 e. The molecule has 0 aliphatic rings. The second kappa shape index (κ2) is 6.29. The van der Waals surface area contributed by atoms with Crippen LogP contribution < -0.4 is 14.8 Å². The number of aromatic nitrogens is 4. The molecule has 0 atom stereocenters. The zero-order valence-electron chi connectivity index (χ0n) is 11.3. The first-order chi connectivity index (χ1) is 10.2. The molecular formula is C13H11N5O3. The molecule has 0 saturated carbocycles. The van der Waals surface area contributed by atoms with Crippen LogP contribution in [0, 0.1) is 12.3 Å². The number of ether oxygens (including phenoxy) is 2. The fourth-order valence-electron chi connectivity index (χ4n) is 1.52. The monoisotopic (exact) mass is 285 g/mol. The van der Waals surface area contributed by atoms with Crippen LogP contribution in [0.5, 0.6) is 11.8 Å². The minimum Gasteiger partial charge on any atom is -0.480 e. The number of terminal acetylenes is 1. The molecule has 0 aliphatic carbocycles. The predicted molar refractivity (Wildman–Crippen MR) is 73.1 cm³/mol. The Balaban J connectivity index is 2.26. The average molecular weight is 285 g/mol. The van der Waals surface area contributed by atoms with Gasteiger partial charge in [-0.15, -0.1) is 16.6 Å². The fraction of sp³-hybridized carbons (Fsp3) is 0.154. The zero-order valence-corrected chi connectivity index (χ0v) is 11.3. The van der Waals surface area contributed by atoms with Crippen molar-refractivity contribution >= 4 is 11.7 Å². The van der Waals surface area contributed by atoms with Crippen molar-refractivity contribution in [2.75, 3.05) is 19.5 Å². The van der Waals surface area contributed by atoms with E-state index in [2.05, 4.69) is 31.4 Å². The van der Waals surface area contributed by atoms with Crippen molar-refractivity contribution in [2.45, 2.75) is 0 Å². The first-order valence-electron chi connectivity index (χ1n) is 5.73. The van der Waals surface area contributed by atoms with E-state index in [1.165, 1.54) is 32.8 Å². The summed E-state index contributed by atoms with van der Waals surface area (Å²) in [6.07, 6.45) is 7.94. The summed E-state index contributed by atoms with van der Waals surface area (Å²) in [4.78, 5) is 19.7. The summed E-state index contributed by atoms with van der Waals surface area (Å²) < 4.78 is 9.93. The standard InChI is InChI=1S/C13H11N5O3/c1-4-8-5-10(17-18-12(8)20-2)16-11(19)9-6-14-7-15-13(9)21-3/h1,5-7H,2-3H3,(H,16,17,19). The molecule has 1 N–H and O–H groups in total. The summed E-state index contributed by atoms with van der Waals surface area (Å²) in [5, 5.41) is 10.1. The van der Waals surface area contributed by atoms with Crippen molar-refractivity contribution in [2.24, 2.45) is 0 Å². The summed E-state index contributed by atoms with van der Waals surface area (Å²) in [6.45, 7) is 0. The molecule has 2 heterocycles. The minimum absolute atomic E-state index is 0.154. The van der Waals surface area contributed by atoms with E-state index in [0.29, 0.717) is 5.56 Å². The molecule has 0 bridgehead atoms. The molecule has 2 rings (SSSR count). The fourth-order valence-corrected chi connectivity index (χ4v) is 1.52. The molecule has 106 valence electrons. The van der Waals surface area contributed by atoms with E-state index in [9.17, 15) is 4.79 Å². The molecule has 0 radical (unpaired) electrons. The van der Waals surface area contributed by atoms with E-state index in [4.69, 9.17) is 15.9 Å². The van der Waals surface area contributed by atoms with Crippen LogP contribution in [0.1, 0.15) is 15.9 Å². The number of nitrogens with zero attached hydrogens (tertiary/aromatic N) is 4. The molecule has 0 aliphatic heterocycles. The summed E-state index contributed by atoms with van der Waals surface area (Å²) in [5.41, 5.74) is 0.541. The Kier molecular flexibility index (Phi) is 4.26. The number of carbonyl (C=O) groups excluding carboxylic acids is 1. The van der Waals surface area contributed by atoms with Gasteiger partial charge in [-0.1, -0.05) is 5.92 Å². The van der Waals surface area contributed by atoms with Crippen molar-refractivity contribution in [3.63, 3.8) is 0 Å². The smallest absolute Gasteiger partial charge is 0.263 e. The van der Waals surface area contributed by atoms with Gasteiger partial charge >= 0.3 is 0 Å². The lowest BCUT2D eigenvalue weighted by atomic mass is 10.2. The summed E-state index contributed by atoms with van der Waals surface area (Å²) in [6, 6.07) is 1.47. The summed E-state index contributed by atoms with van der Waals surface area (Å²) in [7, 11) is 2.83. The second-order valence-corrected chi connectivity index (χ2v) is 3.70. The Labute approximate surface area is 120 Å². The molecule has 0 saturated heterocycles. The number of carbonyl (C=O) groups is 1. The molecule has 2 aromatic heterocycles. The van der Waals surface area contributed by atoms with Crippen LogP contribution in [0.25, 0.3) is 0 Å². The second-order valence-electron chi connectivity index (χ2n) is 3.70. The van der Waals surface area contributed by atoms with Crippen molar-refractivity contribution < 1.29 is 14.3 Å². The zero-order chi connectivity index (χ0) is 15.2. The van der Waals surface area contributed by atoms with Crippen LogP contribution in [0.3, 0.4) is 0 Å². The molecule has 0 fully saturated rings. The highest BCUT2D eigenvalue weighted by atomic mass is 16.5. The van der Waals surface area contributed by atoms with E-state index in [-0.39, 0.29) is 23.1 Å². The van der Waals surface area contributed by atoms with Crippen LogP contribution in [0.15, 0.2) is 18.6 Å². The van der Waals surface area contributed by atoms with Crippen LogP contribution in [-0.2, 0) is 0 Å². The number of nitrogens with one attached hydrogen (secondary N) is 1. The maximum absolute atomic E-state index is 12.1. The number of rotatable bonds is 4. The number of amides is 1. The van der Waals surface area contributed by atoms with Gasteiger partial charge in [-0.2, -0.15) is 0 Å². The highest BCUT2D eigenvalue weighted by Crippen LogP contribution is 2.18. The van der Waals surface area contributed by atoms with Gasteiger partial charge in [0.2, 0.25) is 11.8 Å². The number of methoxy groups -OCH3 is 2.